The molecule has 0 spiro atoms. The average Bonchev–Trinajstić information content (AvgIpc) is 2.72. The van der Waals surface area contributed by atoms with Gasteiger partial charge in [-0.3, -0.25) is 4.57 Å². The number of para-hydroxylation sites is 1. The highest BCUT2D eigenvalue weighted by Crippen LogP contribution is 2.31. The van der Waals surface area contributed by atoms with Crippen LogP contribution in [0, 0.1) is 4.77 Å². The number of benzene rings is 1. The highest BCUT2D eigenvalue weighted by molar-refractivity contribution is 7.71. The summed E-state index contributed by atoms with van der Waals surface area (Å²) in [6.45, 7) is 9.23. The van der Waals surface area contributed by atoms with E-state index >= 15 is 0 Å². The first-order chi connectivity index (χ1) is 9.51. The molecule has 0 radical (unpaired) electrons. The van der Waals surface area contributed by atoms with Crippen LogP contribution < -0.4 is 0 Å². The molecule has 0 saturated carbocycles. The summed E-state index contributed by atoms with van der Waals surface area (Å²) in [7, 11) is 0. The van der Waals surface area contributed by atoms with E-state index in [9.17, 15) is 5.11 Å². The zero-order chi connectivity index (χ0) is 14.9. The van der Waals surface area contributed by atoms with Gasteiger partial charge in [0.05, 0.1) is 11.9 Å². The molecule has 4 heteroatoms. The monoisotopic (exact) mass is 290 g/mol. The minimum absolute atomic E-state index is 0.208. The van der Waals surface area contributed by atoms with Gasteiger partial charge >= 0.3 is 0 Å². The van der Waals surface area contributed by atoms with Gasteiger partial charge in [-0.15, -0.1) is 0 Å². The molecule has 1 heterocycles. The average molecular weight is 290 g/mol. The van der Waals surface area contributed by atoms with Gasteiger partial charge in [0.2, 0.25) is 5.88 Å². The third kappa shape index (κ3) is 2.40. The summed E-state index contributed by atoms with van der Waals surface area (Å²) in [6, 6.07) is 6.30. The number of imidazole rings is 1. The van der Waals surface area contributed by atoms with Gasteiger partial charge in [0.15, 0.2) is 4.77 Å². The number of aromatic nitrogens is 2. The standard InChI is InChI=1S/C16H22N2OS/c1-5-12-8-7-9-13(11(3)4)15(12)18-14(19)10-17(6-2)16(18)20/h7-11,19H,5-6H2,1-4H3. The van der Waals surface area contributed by atoms with E-state index in [2.05, 4.69) is 39.0 Å². The van der Waals surface area contributed by atoms with Crippen molar-refractivity contribution in [2.45, 2.75) is 46.6 Å². The third-order valence-corrected chi connectivity index (χ3v) is 4.07. The van der Waals surface area contributed by atoms with E-state index in [1.54, 1.807) is 10.8 Å². The number of hydrogen-bond donors (Lipinski definition) is 1. The fraction of sp³-hybridized carbons (Fsp3) is 0.438. The fourth-order valence-corrected chi connectivity index (χ4v) is 2.92. The van der Waals surface area contributed by atoms with Gasteiger partial charge in [0.25, 0.3) is 0 Å². The zero-order valence-electron chi connectivity index (χ0n) is 12.6. The van der Waals surface area contributed by atoms with Crippen LogP contribution in [0.2, 0.25) is 0 Å². The molecule has 0 atom stereocenters. The Hall–Kier alpha value is -1.55. The Morgan fingerprint density at radius 3 is 2.45 bits per heavy atom. The van der Waals surface area contributed by atoms with Crippen LogP contribution in [0.3, 0.4) is 0 Å². The number of hydrogen-bond acceptors (Lipinski definition) is 2. The second kappa shape index (κ2) is 5.83. The van der Waals surface area contributed by atoms with Crippen LogP contribution in [0.15, 0.2) is 24.4 Å². The normalized spacial score (nSPS) is 11.2. The van der Waals surface area contributed by atoms with Crippen LogP contribution in [0.4, 0.5) is 0 Å². The van der Waals surface area contributed by atoms with Crippen molar-refractivity contribution in [1.82, 2.24) is 9.13 Å². The minimum atomic E-state index is 0.208. The van der Waals surface area contributed by atoms with E-state index in [0.717, 1.165) is 18.7 Å². The summed E-state index contributed by atoms with van der Waals surface area (Å²) in [5.41, 5.74) is 3.46. The third-order valence-electron chi connectivity index (χ3n) is 3.66. The molecule has 20 heavy (non-hydrogen) atoms. The van der Waals surface area contributed by atoms with E-state index in [1.807, 2.05) is 11.5 Å². The van der Waals surface area contributed by atoms with E-state index in [4.69, 9.17) is 12.2 Å². The number of aromatic hydroxyl groups is 1. The lowest BCUT2D eigenvalue weighted by Gasteiger charge is -2.18. The lowest BCUT2D eigenvalue weighted by molar-refractivity contribution is 0.440. The van der Waals surface area contributed by atoms with Crippen LogP contribution in [-0.4, -0.2) is 14.2 Å². The van der Waals surface area contributed by atoms with Crippen molar-refractivity contribution in [1.29, 1.82) is 0 Å². The van der Waals surface area contributed by atoms with Crippen molar-refractivity contribution in [3.05, 3.63) is 40.3 Å². The van der Waals surface area contributed by atoms with Crippen LogP contribution in [0.1, 0.15) is 44.7 Å². The van der Waals surface area contributed by atoms with Crippen molar-refractivity contribution in [3.63, 3.8) is 0 Å². The fourth-order valence-electron chi connectivity index (χ4n) is 2.55. The molecule has 0 bridgehead atoms. The van der Waals surface area contributed by atoms with E-state index < -0.39 is 0 Å². The molecule has 1 aromatic carbocycles. The molecular formula is C16H22N2OS. The Labute approximate surface area is 125 Å². The van der Waals surface area contributed by atoms with Crippen molar-refractivity contribution in [3.8, 4) is 11.6 Å². The van der Waals surface area contributed by atoms with Crippen molar-refractivity contribution in [2.24, 2.45) is 0 Å². The molecule has 108 valence electrons. The first-order valence-corrected chi connectivity index (χ1v) is 7.55. The molecule has 0 fully saturated rings. The number of aryl methyl sites for hydroxylation is 2. The zero-order valence-corrected chi connectivity index (χ0v) is 13.4. The highest BCUT2D eigenvalue weighted by atomic mass is 32.1. The lowest BCUT2D eigenvalue weighted by Crippen LogP contribution is -2.06. The predicted molar refractivity (Wildman–Crippen MR) is 85.4 cm³/mol. The summed E-state index contributed by atoms with van der Waals surface area (Å²) in [6.07, 6.45) is 2.62. The summed E-state index contributed by atoms with van der Waals surface area (Å²) < 4.78 is 4.33. The SMILES string of the molecule is CCc1cccc(C(C)C)c1-n1c(O)cn(CC)c1=S. The Kier molecular flexibility index (Phi) is 4.33. The molecule has 0 aliphatic heterocycles. The molecular weight excluding hydrogens is 268 g/mol. The van der Waals surface area contributed by atoms with Crippen LogP contribution in [0.25, 0.3) is 5.69 Å². The number of rotatable bonds is 4. The maximum atomic E-state index is 10.3. The summed E-state index contributed by atoms with van der Waals surface area (Å²) >= 11 is 5.51. The predicted octanol–water partition coefficient (Wildman–Crippen LogP) is 4.42. The van der Waals surface area contributed by atoms with Gasteiger partial charge in [0.1, 0.15) is 0 Å². The summed E-state index contributed by atoms with van der Waals surface area (Å²) in [5, 5.41) is 10.3. The van der Waals surface area contributed by atoms with E-state index in [-0.39, 0.29) is 5.88 Å². The Balaban J connectivity index is 2.81. The van der Waals surface area contributed by atoms with Crippen LogP contribution in [0.5, 0.6) is 5.88 Å². The molecule has 2 aromatic rings. The van der Waals surface area contributed by atoms with Gasteiger partial charge in [-0.25, -0.2) is 0 Å². The topological polar surface area (TPSA) is 30.1 Å². The number of nitrogens with zero attached hydrogens (tertiary/aromatic N) is 2. The van der Waals surface area contributed by atoms with Crippen molar-refractivity contribution in [2.75, 3.05) is 0 Å². The first-order valence-electron chi connectivity index (χ1n) is 7.14. The molecule has 0 aliphatic carbocycles. The summed E-state index contributed by atoms with van der Waals surface area (Å²) in [4.78, 5) is 0. The van der Waals surface area contributed by atoms with Gasteiger partial charge in [0, 0.05) is 6.54 Å². The second-order valence-corrected chi connectivity index (χ2v) is 5.62. The lowest BCUT2D eigenvalue weighted by atomic mass is 9.96. The Morgan fingerprint density at radius 1 is 1.25 bits per heavy atom. The maximum absolute atomic E-state index is 10.3. The minimum Gasteiger partial charge on any atom is -0.493 e. The molecule has 0 unspecified atom stereocenters. The van der Waals surface area contributed by atoms with Gasteiger partial charge in [-0.1, -0.05) is 39.0 Å². The maximum Gasteiger partial charge on any atom is 0.214 e. The molecule has 0 saturated heterocycles. The van der Waals surface area contributed by atoms with E-state index in [1.165, 1.54) is 11.1 Å². The van der Waals surface area contributed by atoms with E-state index in [0.29, 0.717) is 10.7 Å². The quantitative estimate of drug-likeness (QED) is 0.845. The van der Waals surface area contributed by atoms with Gasteiger partial charge in [-0.2, -0.15) is 0 Å². The molecule has 1 aromatic heterocycles. The smallest absolute Gasteiger partial charge is 0.214 e. The second-order valence-electron chi connectivity index (χ2n) is 5.25. The molecule has 0 amide bonds. The molecule has 3 nitrogen and oxygen atoms in total. The van der Waals surface area contributed by atoms with Gasteiger partial charge < -0.3 is 9.67 Å². The van der Waals surface area contributed by atoms with Crippen molar-refractivity contribution >= 4 is 12.2 Å². The van der Waals surface area contributed by atoms with Crippen LogP contribution >= 0.6 is 12.2 Å². The van der Waals surface area contributed by atoms with Crippen LogP contribution in [-0.2, 0) is 13.0 Å². The highest BCUT2D eigenvalue weighted by Gasteiger charge is 2.17. The Morgan fingerprint density at radius 2 is 1.95 bits per heavy atom. The molecule has 0 aliphatic rings. The molecule has 2 rings (SSSR count). The van der Waals surface area contributed by atoms with Crippen molar-refractivity contribution < 1.29 is 5.11 Å². The first kappa shape index (κ1) is 14.9. The molecule has 1 N–H and O–H groups in total. The summed E-state index contributed by atoms with van der Waals surface area (Å²) in [5.74, 6) is 0.586. The van der Waals surface area contributed by atoms with Gasteiger partial charge in [-0.05, 0) is 42.6 Å². The largest absolute Gasteiger partial charge is 0.493 e. The Bertz CT molecular complexity index is 668.